The highest BCUT2D eigenvalue weighted by molar-refractivity contribution is 7.85. The molecule has 0 aromatic rings. The van der Waals surface area contributed by atoms with Crippen LogP contribution in [-0.2, 0) is 15.6 Å². The first kappa shape index (κ1) is 10.5. The lowest BCUT2D eigenvalue weighted by molar-refractivity contribution is -0.140. The van der Waals surface area contributed by atoms with E-state index in [1.54, 1.807) is 0 Å². The number of carboxylic acid groups (broad SMARTS) is 1. The van der Waals surface area contributed by atoms with E-state index < -0.39 is 34.2 Å². The van der Waals surface area contributed by atoms with Crippen LogP contribution in [0.5, 0.6) is 0 Å². The number of carboxylic acids is 1. The average Bonchev–Trinajstić information content (AvgIpc) is 1.87. The second kappa shape index (κ2) is 4.38. The van der Waals surface area contributed by atoms with E-state index in [1.807, 2.05) is 0 Å². The summed E-state index contributed by atoms with van der Waals surface area (Å²) in [5.74, 6) is -5.63. The molecule has 0 radical (unpaired) electrons. The zero-order chi connectivity index (χ0) is 9.02. The maximum Gasteiger partial charge on any atom is 0.311 e. The summed E-state index contributed by atoms with van der Waals surface area (Å²) in [4.78, 5) is 10.1. The number of carbonyl (C=O) groups is 1. The predicted molar refractivity (Wildman–Crippen MR) is 35.8 cm³/mol. The molecule has 0 saturated heterocycles. The molecular weight excluding hydrogens is 178 g/mol. The van der Waals surface area contributed by atoms with E-state index in [0.717, 1.165) is 0 Å². The van der Waals surface area contributed by atoms with Gasteiger partial charge in [0.2, 0.25) is 0 Å². The van der Waals surface area contributed by atoms with Crippen molar-refractivity contribution in [1.29, 1.82) is 0 Å². The molecule has 0 aliphatic rings. The van der Waals surface area contributed by atoms with Gasteiger partial charge >= 0.3 is 11.7 Å². The number of hydrogen-bond acceptors (Lipinski definition) is 2. The first-order valence-corrected chi connectivity index (χ1v) is 4.21. The molecule has 0 fully saturated rings. The fourth-order valence-corrected chi connectivity index (χ4v) is 1.17. The largest absolute Gasteiger partial charge is 0.481 e. The molecule has 66 valence electrons. The van der Waals surface area contributed by atoms with Crippen molar-refractivity contribution in [3.63, 3.8) is 0 Å². The summed E-state index contributed by atoms with van der Waals surface area (Å²) >= 11 is 0. The fourth-order valence-electron chi connectivity index (χ4n) is 0.390. The smallest absolute Gasteiger partial charge is 0.311 e. The van der Waals surface area contributed by atoms with Gasteiger partial charge in [0.25, 0.3) is 0 Å². The minimum absolute atomic E-state index is 0.493. The molecule has 0 amide bonds. The SMILES string of the molecule is CC(CS(=O)C(F)F)C(=O)O. The van der Waals surface area contributed by atoms with Crippen LogP contribution >= 0.6 is 0 Å². The third-order valence-corrected chi connectivity index (χ3v) is 2.26. The lowest BCUT2D eigenvalue weighted by Crippen LogP contribution is -2.20. The Bertz CT molecular complexity index is 171. The second-order valence-corrected chi connectivity index (χ2v) is 3.50. The Hall–Kier alpha value is -0.520. The molecule has 6 heteroatoms. The molecule has 1 N–H and O–H groups in total. The number of halogens is 2. The molecule has 0 aliphatic heterocycles. The fraction of sp³-hybridized carbons (Fsp3) is 0.800. The molecule has 0 saturated carbocycles. The molecule has 11 heavy (non-hydrogen) atoms. The van der Waals surface area contributed by atoms with E-state index in [1.165, 1.54) is 6.92 Å². The maximum atomic E-state index is 11.6. The van der Waals surface area contributed by atoms with E-state index in [0.29, 0.717) is 0 Å². The summed E-state index contributed by atoms with van der Waals surface area (Å²) in [5, 5.41) is 8.23. The van der Waals surface area contributed by atoms with Gasteiger partial charge in [-0.2, -0.15) is 8.78 Å². The zero-order valence-electron chi connectivity index (χ0n) is 5.79. The molecule has 0 rings (SSSR count). The summed E-state index contributed by atoms with van der Waals surface area (Å²) in [7, 11) is -2.34. The van der Waals surface area contributed by atoms with Crippen LogP contribution in [0.1, 0.15) is 6.92 Å². The summed E-state index contributed by atoms with van der Waals surface area (Å²) in [6.07, 6.45) is 0. The highest BCUT2D eigenvalue weighted by atomic mass is 32.2. The molecule has 0 aromatic heterocycles. The Morgan fingerprint density at radius 3 is 2.36 bits per heavy atom. The van der Waals surface area contributed by atoms with Gasteiger partial charge in [0, 0.05) is 5.75 Å². The van der Waals surface area contributed by atoms with Gasteiger partial charge in [-0.3, -0.25) is 9.00 Å². The van der Waals surface area contributed by atoms with Gasteiger partial charge in [-0.05, 0) is 0 Å². The van der Waals surface area contributed by atoms with E-state index in [2.05, 4.69) is 0 Å². The van der Waals surface area contributed by atoms with Crippen molar-refractivity contribution in [2.75, 3.05) is 5.75 Å². The Kier molecular flexibility index (Phi) is 4.17. The molecular formula is C5H8F2O3S. The molecule has 0 aliphatic carbocycles. The third kappa shape index (κ3) is 4.02. The molecule has 0 heterocycles. The Balaban J connectivity index is 3.85. The minimum atomic E-state index is -2.95. The van der Waals surface area contributed by atoms with Gasteiger partial charge in [0.15, 0.2) is 0 Å². The third-order valence-electron chi connectivity index (χ3n) is 1.03. The highest BCUT2D eigenvalue weighted by Crippen LogP contribution is 2.05. The van der Waals surface area contributed by atoms with Crippen LogP contribution in [0.4, 0.5) is 8.78 Å². The summed E-state index contributed by atoms with van der Waals surface area (Å²) in [5.41, 5.74) is 0. The van der Waals surface area contributed by atoms with Crippen LogP contribution in [0.15, 0.2) is 0 Å². The Morgan fingerprint density at radius 2 is 2.09 bits per heavy atom. The topological polar surface area (TPSA) is 54.4 Å². The number of alkyl halides is 2. The van der Waals surface area contributed by atoms with Crippen LogP contribution in [0, 0.1) is 5.92 Å². The van der Waals surface area contributed by atoms with Crippen LogP contribution in [0.2, 0.25) is 0 Å². The van der Waals surface area contributed by atoms with Gasteiger partial charge in [-0.1, -0.05) is 6.92 Å². The lowest BCUT2D eigenvalue weighted by Gasteiger charge is -2.03. The van der Waals surface area contributed by atoms with Gasteiger partial charge in [-0.15, -0.1) is 0 Å². The van der Waals surface area contributed by atoms with Crippen molar-refractivity contribution in [2.24, 2.45) is 5.92 Å². The van der Waals surface area contributed by atoms with Gasteiger partial charge in [0.05, 0.1) is 16.7 Å². The monoisotopic (exact) mass is 186 g/mol. The molecule has 0 bridgehead atoms. The normalized spacial score (nSPS) is 16.4. The second-order valence-electron chi connectivity index (χ2n) is 2.05. The molecule has 3 nitrogen and oxygen atoms in total. The van der Waals surface area contributed by atoms with E-state index in [-0.39, 0.29) is 0 Å². The number of hydrogen-bond donors (Lipinski definition) is 1. The summed E-state index contributed by atoms with van der Waals surface area (Å²) in [6, 6.07) is 0. The van der Waals surface area contributed by atoms with E-state index in [4.69, 9.17) is 5.11 Å². The van der Waals surface area contributed by atoms with E-state index >= 15 is 0 Å². The standard InChI is InChI=1S/C5H8F2O3S/c1-3(4(8)9)2-11(10)5(6)7/h3,5H,2H2,1H3,(H,8,9). The molecule has 2 unspecified atom stereocenters. The van der Waals surface area contributed by atoms with Crippen molar-refractivity contribution in [2.45, 2.75) is 12.7 Å². The lowest BCUT2D eigenvalue weighted by atomic mass is 10.2. The maximum absolute atomic E-state index is 11.6. The highest BCUT2D eigenvalue weighted by Gasteiger charge is 2.20. The van der Waals surface area contributed by atoms with Crippen molar-refractivity contribution in [1.82, 2.24) is 0 Å². The number of aliphatic carboxylic acids is 1. The Labute approximate surface area is 64.9 Å². The van der Waals surface area contributed by atoms with Crippen molar-refractivity contribution >= 4 is 16.8 Å². The molecule has 0 spiro atoms. The quantitative estimate of drug-likeness (QED) is 0.702. The molecule has 0 aromatic carbocycles. The van der Waals surface area contributed by atoms with Crippen LogP contribution in [0.3, 0.4) is 0 Å². The van der Waals surface area contributed by atoms with Crippen molar-refractivity contribution in [3.05, 3.63) is 0 Å². The van der Waals surface area contributed by atoms with Gasteiger partial charge < -0.3 is 5.11 Å². The predicted octanol–water partition coefficient (Wildman–Crippen LogP) is 0.678. The van der Waals surface area contributed by atoms with Crippen LogP contribution in [-0.4, -0.2) is 26.8 Å². The van der Waals surface area contributed by atoms with E-state index in [9.17, 15) is 17.8 Å². The zero-order valence-corrected chi connectivity index (χ0v) is 6.61. The van der Waals surface area contributed by atoms with Crippen LogP contribution < -0.4 is 0 Å². The van der Waals surface area contributed by atoms with Gasteiger partial charge in [0.1, 0.15) is 0 Å². The first-order valence-electron chi connectivity index (χ1n) is 2.83. The van der Waals surface area contributed by atoms with Crippen LogP contribution in [0.25, 0.3) is 0 Å². The summed E-state index contributed by atoms with van der Waals surface area (Å²) in [6.45, 7) is 1.24. The first-order chi connectivity index (χ1) is 4.95. The average molecular weight is 186 g/mol. The van der Waals surface area contributed by atoms with Crippen molar-refractivity contribution < 1.29 is 22.9 Å². The molecule has 2 atom stereocenters. The minimum Gasteiger partial charge on any atom is -0.481 e. The Morgan fingerprint density at radius 1 is 1.64 bits per heavy atom. The summed E-state index contributed by atoms with van der Waals surface area (Å²) < 4.78 is 33.5. The van der Waals surface area contributed by atoms with Crippen molar-refractivity contribution in [3.8, 4) is 0 Å². The van der Waals surface area contributed by atoms with Gasteiger partial charge in [-0.25, -0.2) is 0 Å². The number of rotatable bonds is 4.